The predicted octanol–water partition coefficient (Wildman–Crippen LogP) is 3.85. The molecule has 0 amide bonds. The maximum atomic E-state index is 12.4. The summed E-state index contributed by atoms with van der Waals surface area (Å²) < 4.78 is 25.5. The van der Waals surface area contributed by atoms with Crippen molar-refractivity contribution in [3.05, 3.63) is 26.4 Å². The van der Waals surface area contributed by atoms with Crippen molar-refractivity contribution >= 4 is 31.9 Å². The normalized spacial score (nSPS) is 10.8. The number of pyridine rings is 1. The van der Waals surface area contributed by atoms with Crippen molar-refractivity contribution in [3.8, 4) is 0 Å². The van der Waals surface area contributed by atoms with E-state index in [2.05, 4.69) is 36.8 Å². The topological polar surface area (TPSA) is 12.9 Å². The standard InChI is InChI=1S/C7H5Br2F2N/c1-3-2-12-6(9)5(8)4(3)7(10)11/h2,7H,1H3. The number of hydrogen-bond donors (Lipinski definition) is 0. The van der Waals surface area contributed by atoms with E-state index in [0.717, 1.165) is 0 Å². The molecule has 0 saturated carbocycles. The second-order valence-electron chi connectivity index (χ2n) is 2.26. The average molecular weight is 301 g/mol. The molecule has 0 fully saturated rings. The van der Waals surface area contributed by atoms with Crippen LogP contribution in [0.1, 0.15) is 17.6 Å². The van der Waals surface area contributed by atoms with Gasteiger partial charge in [0, 0.05) is 11.8 Å². The number of halogens is 4. The minimum atomic E-state index is -2.47. The van der Waals surface area contributed by atoms with E-state index in [-0.39, 0.29) is 5.56 Å². The summed E-state index contributed by atoms with van der Waals surface area (Å²) in [5, 5.41) is 0. The molecule has 0 atom stereocenters. The first-order valence-electron chi connectivity index (χ1n) is 3.12. The van der Waals surface area contributed by atoms with Crippen molar-refractivity contribution in [2.45, 2.75) is 13.3 Å². The summed E-state index contributed by atoms with van der Waals surface area (Å²) in [6.07, 6.45) is -1.06. The van der Waals surface area contributed by atoms with Crippen molar-refractivity contribution in [3.63, 3.8) is 0 Å². The molecule has 1 aromatic rings. The van der Waals surface area contributed by atoms with Crippen molar-refractivity contribution in [2.75, 3.05) is 0 Å². The van der Waals surface area contributed by atoms with Gasteiger partial charge in [-0.25, -0.2) is 13.8 Å². The molecule has 0 unspecified atom stereocenters. The molecule has 0 aromatic carbocycles. The van der Waals surface area contributed by atoms with Crippen LogP contribution in [0, 0.1) is 6.92 Å². The second kappa shape index (κ2) is 3.79. The van der Waals surface area contributed by atoms with E-state index in [1.54, 1.807) is 6.92 Å². The van der Waals surface area contributed by atoms with Crippen molar-refractivity contribution in [1.29, 1.82) is 0 Å². The Kier molecular flexibility index (Phi) is 3.17. The number of rotatable bonds is 1. The summed E-state index contributed by atoms with van der Waals surface area (Å²) in [5.74, 6) is 0. The fraction of sp³-hybridized carbons (Fsp3) is 0.286. The zero-order chi connectivity index (χ0) is 9.30. The Hall–Kier alpha value is -0.0300. The van der Waals surface area contributed by atoms with E-state index < -0.39 is 6.43 Å². The van der Waals surface area contributed by atoms with Crippen LogP contribution in [0.15, 0.2) is 15.3 Å². The first-order chi connectivity index (χ1) is 5.54. The molecule has 1 aromatic heterocycles. The summed E-state index contributed by atoms with van der Waals surface area (Å²) >= 11 is 6.10. The first kappa shape index (κ1) is 10.1. The number of alkyl halides is 2. The molecule has 12 heavy (non-hydrogen) atoms. The third kappa shape index (κ3) is 1.82. The molecule has 0 aliphatic heterocycles. The van der Waals surface area contributed by atoms with Crippen LogP contribution >= 0.6 is 31.9 Å². The van der Waals surface area contributed by atoms with Crippen LogP contribution in [0.5, 0.6) is 0 Å². The molecule has 0 N–H and O–H groups in total. The fourth-order valence-corrected chi connectivity index (χ4v) is 1.74. The number of nitrogens with zero attached hydrogens (tertiary/aromatic N) is 1. The maximum Gasteiger partial charge on any atom is 0.265 e. The molecule has 0 radical (unpaired) electrons. The molecule has 1 rings (SSSR count). The largest absolute Gasteiger partial charge is 0.265 e. The third-order valence-electron chi connectivity index (χ3n) is 1.43. The minimum Gasteiger partial charge on any atom is -0.248 e. The minimum absolute atomic E-state index is 0.00289. The quantitative estimate of drug-likeness (QED) is 0.718. The van der Waals surface area contributed by atoms with Gasteiger partial charge in [0.05, 0.1) is 4.47 Å². The Balaban J connectivity index is 3.33. The van der Waals surface area contributed by atoms with Gasteiger partial charge in [0.15, 0.2) is 0 Å². The molecule has 0 bridgehead atoms. The fourth-order valence-electron chi connectivity index (χ4n) is 0.832. The lowest BCUT2D eigenvalue weighted by molar-refractivity contribution is 0.149. The molecule has 0 spiro atoms. The van der Waals surface area contributed by atoms with Gasteiger partial charge in [-0.1, -0.05) is 0 Å². The lowest BCUT2D eigenvalue weighted by Gasteiger charge is -2.07. The maximum absolute atomic E-state index is 12.4. The van der Waals surface area contributed by atoms with Crippen LogP contribution in [0.3, 0.4) is 0 Å². The lowest BCUT2D eigenvalue weighted by atomic mass is 10.2. The van der Waals surface area contributed by atoms with Gasteiger partial charge in [-0.3, -0.25) is 0 Å². The van der Waals surface area contributed by atoms with Gasteiger partial charge < -0.3 is 0 Å². The van der Waals surface area contributed by atoms with Crippen LogP contribution in [0.25, 0.3) is 0 Å². The van der Waals surface area contributed by atoms with Gasteiger partial charge >= 0.3 is 0 Å². The molecule has 1 heterocycles. The highest BCUT2D eigenvalue weighted by atomic mass is 79.9. The Labute approximate surface area is 85.4 Å². The van der Waals surface area contributed by atoms with E-state index in [0.29, 0.717) is 14.6 Å². The highest BCUT2D eigenvalue weighted by Gasteiger charge is 2.16. The van der Waals surface area contributed by atoms with E-state index in [9.17, 15) is 8.78 Å². The summed E-state index contributed by atoms with van der Waals surface area (Å²) in [7, 11) is 0. The Bertz CT molecular complexity index is 302. The second-order valence-corrected chi connectivity index (χ2v) is 3.80. The van der Waals surface area contributed by atoms with Crippen LogP contribution in [-0.4, -0.2) is 4.98 Å². The van der Waals surface area contributed by atoms with Crippen LogP contribution in [0.4, 0.5) is 8.78 Å². The highest BCUT2D eigenvalue weighted by Crippen LogP contribution is 2.33. The zero-order valence-electron chi connectivity index (χ0n) is 6.11. The summed E-state index contributed by atoms with van der Waals surface area (Å²) in [4.78, 5) is 3.86. The third-order valence-corrected chi connectivity index (χ3v) is 3.37. The molecule has 0 aliphatic carbocycles. The van der Waals surface area contributed by atoms with Crippen LogP contribution < -0.4 is 0 Å². The Morgan fingerprint density at radius 3 is 2.42 bits per heavy atom. The summed E-state index contributed by atoms with van der Waals surface area (Å²) in [6, 6.07) is 0. The van der Waals surface area contributed by atoms with Gasteiger partial charge in [0.1, 0.15) is 4.60 Å². The molecule has 5 heteroatoms. The van der Waals surface area contributed by atoms with Crippen molar-refractivity contribution < 1.29 is 8.78 Å². The van der Waals surface area contributed by atoms with E-state index in [1.807, 2.05) is 0 Å². The zero-order valence-corrected chi connectivity index (χ0v) is 9.29. The Morgan fingerprint density at radius 2 is 2.00 bits per heavy atom. The number of aromatic nitrogens is 1. The van der Waals surface area contributed by atoms with Gasteiger partial charge in [-0.15, -0.1) is 0 Å². The summed E-state index contributed by atoms with van der Waals surface area (Å²) in [6.45, 7) is 1.60. The molecule has 0 aliphatic rings. The molecular formula is C7H5Br2F2N. The van der Waals surface area contributed by atoms with E-state index >= 15 is 0 Å². The van der Waals surface area contributed by atoms with Crippen molar-refractivity contribution in [1.82, 2.24) is 4.98 Å². The Morgan fingerprint density at radius 1 is 1.42 bits per heavy atom. The SMILES string of the molecule is Cc1cnc(Br)c(Br)c1C(F)F. The highest BCUT2D eigenvalue weighted by molar-refractivity contribution is 9.13. The molecule has 1 nitrogen and oxygen atoms in total. The van der Waals surface area contributed by atoms with Crippen LogP contribution in [0.2, 0.25) is 0 Å². The number of aryl methyl sites for hydroxylation is 1. The summed E-state index contributed by atoms with van der Waals surface area (Å²) in [5.41, 5.74) is 0.483. The van der Waals surface area contributed by atoms with Gasteiger partial charge in [0.25, 0.3) is 6.43 Å². The molecule has 66 valence electrons. The number of hydrogen-bond acceptors (Lipinski definition) is 1. The van der Waals surface area contributed by atoms with Crippen LogP contribution in [-0.2, 0) is 0 Å². The monoisotopic (exact) mass is 299 g/mol. The molecule has 0 saturated heterocycles. The molecular weight excluding hydrogens is 296 g/mol. The van der Waals surface area contributed by atoms with Gasteiger partial charge in [-0.05, 0) is 44.3 Å². The van der Waals surface area contributed by atoms with Gasteiger partial charge in [-0.2, -0.15) is 0 Å². The van der Waals surface area contributed by atoms with E-state index in [4.69, 9.17) is 0 Å². The predicted molar refractivity (Wildman–Crippen MR) is 49.3 cm³/mol. The average Bonchev–Trinajstić information content (AvgIpc) is 1.97. The smallest absolute Gasteiger partial charge is 0.248 e. The first-order valence-corrected chi connectivity index (χ1v) is 4.71. The lowest BCUT2D eigenvalue weighted by Crippen LogP contribution is -1.94. The van der Waals surface area contributed by atoms with E-state index in [1.165, 1.54) is 6.20 Å². The van der Waals surface area contributed by atoms with Gasteiger partial charge in [0.2, 0.25) is 0 Å². The van der Waals surface area contributed by atoms with Crippen molar-refractivity contribution in [2.24, 2.45) is 0 Å².